The highest BCUT2D eigenvalue weighted by Crippen LogP contribution is 2.44. The lowest BCUT2D eigenvalue weighted by Gasteiger charge is -2.31. The van der Waals surface area contributed by atoms with Crippen molar-refractivity contribution in [1.82, 2.24) is 0 Å². The molecule has 96 valence electrons. The first-order valence-electron chi connectivity index (χ1n) is 6.65. The summed E-state index contributed by atoms with van der Waals surface area (Å²) in [6, 6.07) is 12.3. The van der Waals surface area contributed by atoms with E-state index in [0.717, 1.165) is 37.0 Å². The summed E-state index contributed by atoms with van der Waals surface area (Å²) in [7, 11) is 0. The zero-order valence-electron chi connectivity index (χ0n) is 10.7. The van der Waals surface area contributed by atoms with E-state index >= 15 is 0 Å². The molecule has 0 spiro atoms. The Kier molecular flexibility index (Phi) is 3.00. The number of benzene rings is 1. The topological polar surface area (TPSA) is 59.0 Å². The number of nitrogens with zero attached hydrogens (tertiary/aromatic N) is 1. The minimum Gasteiger partial charge on any atom is -0.445 e. The number of hydrogen-bond donors (Lipinski definition) is 1. The van der Waals surface area contributed by atoms with Crippen molar-refractivity contribution in [2.24, 2.45) is 5.73 Å². The van der Waals surface area contributed by atoms with Gasteiger partial charge in [-0.3, -0.25) is 0 Å². The van der Waals surface area contributed by atoms with Crippen LogP contribution in [0.2, 0.25) is 0 Å². The maximum Gasteiger partial charge on any atom is 0.205 e. The molecule has 1 atom stereocenters. The van der Waals surface area contributed by atoms with Gasteiger partial charge < -0.3 is 10.5 Å². The van der Waals surface area contributed by atoms with E-state index in [0.29, 0.717) is 5.57 Å². The summed E-state index contributed by atoms with van der Waals surface area (Å²) in [5, 5.41) is 9.39. The third-order valence-corrected chi connectivity index (χ3v) is 3.85. The molecule has 0 fully saturated rings. The Labute approximate surface area is 113 Å². The van der Waals surface area contributed by atoms with Gasteiger partial charge in [0.1, 0.15) is 17.4 Å². The zero-order chi connectivity index (χ0) is 13.2. The zero-order valence-corrected chi connectivity index (χ0v) is 10.7. The molecule has 3 heteroatoms. The molecule has 19 heavy (non-hydrogen) atoms. The molecule has 3 rings (SSSR count). The van der Waals surface area contributed by atoms with E-state index in [2.05, 4.69) is 18.2 Å². The van der Waals surface area contributed by atoms with Gasteiger partial charge in [0.2, 0.25) is 5.88 Å². The van der Waals surface area contributed by atoms with Gasteiger partial charge in [0, 0.05) is 12.3 Å². The van der Waals surface area contributed by atoms with E-state index in [1.165, 1.54) is 5.57 Å². The molecule has 0 amide bonds. The third kappa shape index (κ3) is 2.00. The summed E-state index contributed by atoms with van der Waals surface area (Å²) in [5.41, 5.74) is 8.84. The second kappa shape index (κ2) is 4.81. The predicted octanol–water partition coefficient (Wildman–Crippen LogP) is 3.32. The summed E-state index contributed by atoms with van der Waals surface area (Å²) in [6.07, 6.45) is 4.21. The van der Waals surface area contributed by atoms with E-state index in [-0.39, 0.29) is 11.8 Å². The number of allylic oxidation sites excluding steroid dienone is 3. The fourth-order valence-electron chi connectivity index (χ4n) is 2.96. The Morgan fingerprint density at radius 1 is 1.16 bits per heavy atom. The molecular weight excluding hydrogens is 236 g/mol. The fourth-order valence-corrected chi connectivity index (χ4v) is 2.96. The molecule has 1 aromatic rings. The second-order valence-corrected chi connectivity index (χ2v) is 4.99. The summed E-state index contributed by atoms with van der Waals surface area (Å²) in [4.78, 5) is 0. The summed E-state index contributed by atoms with van der Waals surface area (Å²) < 4.78 is 5.66. The molecule has 3 nitrogen and oxygen atoms in total. The highest BCUT2D eigenvalue weighted by atomic mass is 16.5. The molecular formula is C16H16N2O. The SMILES string of the molecule is N#CC1=C(N)OC2=C(CCCC2)C1c1ccccc1. The highest BCUT2D eigenvalue weighted by molar-refractivity contribution is 5.49. The monoisotopic (exact) mass is 252 g/mol. The van der Waals surface area contributed by atoms with Gasteiger partial charge in [0.05, 0.1) is 0 Å². The number of ether oxygens (including phenoxy) is 1. The van der Waals surface area contributed by atoms with Crippen LogP contribution in [0.4, 0.5) is 0 Å². The standard InChI is InChI=1S/C16H16N2O/c17-10-13-15(11-6-2-1-3-7-11)12-8-4-5-9-14(12)19-16(13)18/h1-3,6-7,15H,4-5,8-9,18H2. The lowest BCUT2D eigenvalue weighted by molar-refractivity contribution is 0.251. The van der Waals surface area contributed by atoms with E-state index in [1.807, 2.05) is 18.2 Å². The van der Waals surface area contributed by atoms with Crippen molar-refractivity contribution in [3.8, 4) is 6.07 Å². The van der Waals surface area contributed by atoms with E-state index in [1.54, 1.807) is 0 Å². The molecule has 1 unspecified atom stereocenters. The van der Waals surface area contributed by atoms with Gasteiger partial charge >= 0.3 is 0 Å². The molecule has 0 saturated heterocycles. The maximum atomic E-state index is 9.39. The lowest BCUT2D eigenvalue weighted by atomic mass is 9.78. The minimum absolute atomic E-state index is 0.0183. The fraction of sp³-hybridized carbons (Fsp3) is 0.312. The van der Waals surface area contributed by atoms with Gasteiger partial charge in [-0.15, -0.1) is 0 Å². The Bertz CT molecular complexity index is 593. The van der Waals surface area contributed by atoms with Crippen LogP contribution in [-0.4, -0.2) is 0 Å². The van der Waals surface area contributed by atoms with Gasteiger partial charge in [0.25, 0.3) is 0 Å². The van der Waals surface area contributed by atoms with Crippen LogP contribution in [0, 0.1) is 11.3 Å². The van der Waals surface area contributed by atoms with Crippen molar-refractivity contribution >= 4 is 0 Å². The molecule has 1 heterocycles. The van der Waals surface area contributed by atoms with Crippen LogP contribution in [0.3, 0.4) is 0 Å². The smallest absolute Gasteiger partial charge is 0.205 e. The molecule has 0 radical (unpaired) electrons. The third-order valence-electron chi connectivity index (χ3n) is 3.85. The number of nitrogens with two attached hydrogens (primary N) is 1. The second-order valence-electron chi connectivity index (χ2n) is 4.99. The molecule has 0 aromatic heterocycles. The molecule has 1 aliphatic heterocycles. The van der Waals surface area contributed by atoms with Crippen LogP contribution in [0.1, 0.15) is 37.2 Å². The number of rotatable bonds is 1. The normalized spacial score (nSPS) is 22.6. The average Bonchev–Trinajstić information content (AvgIpc) is 2.46. The number of nitriles is 1. The van der Waals surface area contributed by atoms with Gasteiger partial charge in [-0.2, -0.15) is 5.26 Å². The largest absolute Gasteiger partial charge is 0.445 e. The van der Waals surface area contributed by atoms with Gasteiger partial charge in [-0.1, -0.05) is 30.3 Å². The van der Waals surface area contributed by atoms with Gasteiger partial charge in [-0.05, 0) is 30.4 Å². The molecule has 2 aliphatic rings. The van der Waals surface area contributed by atoms with Crippen LogP contribution < -0.4 is 5.73 Å². The van der Waals surface area contributed by atoms with E-state index in [4.69, 9.17) is 10.5 Å². The first kappa shape index (κ1) is 11.9. The van der Waals surface area contributed by atoms with Crippen molar-refractivity contribution in [2.45, 2.75) is 31.6 Å². The average molecular weight is 252 g/mol. The molecule has 2 N–H and O–H groups in total. The van der Waals surface area contributed by atoms with E-state index in [9.17, 15) is 5.26 Å². The van der Waals surface area contributed by atoms with E-state index < -0.39 is 0 Å². The van der Waals surface area contributed by atoms with Crippen molar-refractivity contribution in [3.63, 3.8) is 0 Å². The van der Waals surface area contributed by atoms with Crippen LogP contribution in [0.5, 0.6) is 0 Å². The first-order chi connectivity index (χ1) is 9.31. The Hall–Kier alpha value is -2.21. The molecule has 0 bridgehead atoms. The first-order valence-corrected chi connectivity index (χ1v) is 6.65. The van der Waals surface area contributed by atoms with Crippen molar-refractivity contribution < 1.29 is 4.74 Å². The summed E-state index contributed by atoms with van der Waals surface area (Å²) >= 11 is 0. The van der Waals surface area contributed by atoms with Crippen LogP contribution >= 0.6 is 0 Å². The molecule has 1 aliphatic carbocycles. The molecule has 1 aromatic carbocycles. The number of hydrogen-bond acceptors (Lipinski definition) is 3. The van der Waals surface area contributed by atoms with Crippen LogP contribution in [0.15, 0.2) is 53.1 Å². The lowest BCUT2D eigenvalue weighted by Crippen LogP contribution is -2.22. The van der Waals surface area contributed by atoms with Crippen molar-refractivity contribution in [1.29, 1.82) is 5.26 Å². The Balaban J connectivity index is 2.12. The van der Waals surface area contributed by atoms with Gasteiger partial charge in [-0.25, -0.2) is 0 Å². The summed E-state index contributed by atoms with van der Waals surface area (Å²) in [5.74, 6) is 1.24. The predicted molar refractivity (Wildman–Crippen MR) is 72.6 cm³/mol. The van der Waals surface area contributed by atoms with Crippen LogP contribution in [0.25, 0.3) is 0 Å². The van der Waals surface area contributed by atoms with Crippen LogP contribution in [-0.2, 0) is 4.74 Å². The highest BCUT2D eigenvalue weighted by Gasteiger charge is 2.33. The van der Waals surface area contributed by atoms with Crippen molar-refractivity contribution in [2.75, 3.05) is 0 Å². The maximum absolute atomic E-state index is 9.39. The minimum atomic E-state index is -0.0183. The van der Waals surface area contributed by atoms with Gasteiger partial charge in [0.15, 0.2) is 0 Å². The summed E-state index contributed by atoms with van der Waals surface area (Å²) in [6.45, 7) is 0. The van der Waals surface area contributed by atoms with Crippen molar-refractivity contribution in [3.05, 3.63) is 58.7 Å². The molecule has 0 saturated carbocycles. The quantitative estimate of drug-likeness (QED) is 0.834. The Morgan fingerprint density at radius 3 is 2.63 bits per heavy atom. The Morgan fingerprint density at radius 2 is 1.89 bits per heavy atom.